The quantitative estimate of drug-likeness (QED) is 0.709. The van der Waals surface area contributed by atoms with E-state index in [1.54, 1.807) is 6.20 Å². The maximum Gasteiger partial charge on any atom is 0.151 e. The van der Waals surface area contributed by atoms with Crippen LogP contribution < -0.4 is 5.73 Å². The summed E-state index contributed by atoms with van der Waals surface area (Å²) in [5, 5.41) is 0. The number of hydrogen-bond acceptors (Lipinski definition) is 3. The molecule has 2 aromatic heterocycles. The van der Waals surface area contributed by atoms with Crippen molar-refractivity contribution in [2.24, 2.45) is 0 Å². The Morgan fingerprint density at radius 1 is 1.38 bits per heavy atom. The van der Waals surface area contributed by atoms with Gasteiger partial charge in [0.15, 0.2) is 5.82 Å². The number of fused-ring (bicyclic) bond motifs is 1. The third-order valence-corrected chi connectivity index (χ3v) is 2.46. The van der Waals surface area contributed by atoms with Gasteiger partial charge in [-0.2, -0.15) is 0 Å². The number of pyridine rings is 1. The van der Waals surface area contributed by atoms with E-state index in [9.17, 15) is 0 Å². The third-order valence-electron chi connectivity index (χ3n) is 2.46. The van der Waals surface area contributed by atoms with Crippen LogP contribution in [0.25, 0.3) is 11.0 Å². The van der Waals surface area contributed by atoms with Crippen molar-refractivity contribution < 1.29 is 0 Å². The van der Waals surface area contributed by atoms with Crippen molar-refractivity contribution in [1.82, 2.24) is 14.5 Å². The zero-order valence-corrected chi connectivity index (χ0v) is 7.14. The summed E-state index contributed by atoms with van der Waals surface area (Å²) < 4.78 is 2.19. The van der Waals surface area contributed by atoms with Gasteiger partial charge in [0.1, 0.15) is 5.52 Å². The molecule has 0 bridgehead atoms. The van der Waals surface area contributed by atoms with E-state index in [0.29, 0.717) is 11.9 Å². The van der Waals surface area contributed by atoms with Gasteiger partial charge >= 0.3 is 0 Å². The van der Waals surface area contributed by atoms with Crippen LogP contribution in [0, 0.1) is 0 Å². The van der Waals surface area contributed by atoms with Gasteiger partial charge in [-0.05, 0) is 18.9 Å². The maximum atomic E-state index is 5.70. The Labute approximate surface area is 75.4 Å². The highest BCUT2D eigenvalue weighted by Gasteiger charge is 2.25. The molecule has 4 heteroatoms. The van der Waals surface area contributed by atoms with E-state index in [2.05, 4.69) is 14.5 Å². The molecule has 0 radical (unpaired) electrons. The van der Waals surface area contributed by atoms with E-state index in [-0.39, 0.29) is 0 Å². The summed E-state index contributed by atoms with van der Waals surface area (Å²) in [7, 11) is 0. The summed E-state index contributed by atoms with van der Waals surface area (Å²) in [6.07, 6.45) is 6.11. The number of imidazole rings is 1. The van der Waals surface area contributed by atoms with Crippen molar-refractivity contribution in [2.75, 3.05) is 5.73 Å². The number of nitrogen functional groups attached to an aromatic ring is 1. The van der Waals surface area contributed by atoms with Gasteiger partial charge in [-0.3, -0.25) is 0 Å². The molecule has 1 aliphatic carbocycles. The van der Waals surface area contributed by atoms with Crippen LogP contribution in [0.15, 0.2) is 18.6 Å². The lowest BCUT2D eigenvalue weighted by atomic mass is 10.4. The Balaban J connectivity index is 2.32. The Morgan fingerprint density at radius 2 is 2.23 bits per heavy atom. The molecule has 2 N–H and O–H groups in total. The number of rotatable bonds is 1. The number of nitrogens with zero attached hydrogens (tertiary/aromatic N) is 3. The largest absolute Gasteiger partial charge is 0.382 e. The van der Waals surface area contributed by atoms with Crippen molar-refractivity contribution >= 4 is 16.9 Å². The van der Waals surface area contributed by atoms with Gasteiger partial charge in [0.2, 0.25) is 0 Å². The molecule has 1 saturated carbocycles. The molecular formula is C9H10N4. The van der Waals surface area contributed by atoms with Crippen molar-refractivity contribution in [3.05, 3.63) is 18.6 Å². The summed E-state index contributed by atoms with van der Waals surface area (Å²) in [4.78, 5) is 8.26. The lowest BCUT2D eigenvalue weighted by Crippen LogP contribution is -1.93. The maximum absolute atomic E-state index is 5.70. The van der Waals surface area contributed by atoms with Gasteiger partial charge < -0.3 is 10.3 Å². The van der Waals surface area contributed by atoms with Crippen LogP contribution >= 0.6 is 0 Å². The molecule has 2 aromatic rings. The summed E-state index contributed by atoms with van der Waals surface area (Å²) in [5.74, 6) is 0.525. The highest BCUT2D eigenvalue weighted by molar-refractivity contribution is 5.84. The molecule has 4 nitrogen and oxygen atoms in total. The highest BCUT2D eigenvalue weighted by atomic mass is 15.1. The van der Waals surface area contributed by atoms with Crippen molar-refractivity contribution in [3.8, 4) is 0 Å². The van der Waals surface area contributed by atoms with Gasteiger partial charge in [0.25, 0.3) is 0 Å². The van der Waals surface area contributed by atoms with Gasteiger partial charge in [0.05, 0.1) is 11.8 Å². The zero-order chi connectivity index (χ0) is 8.84. The summed E-state index contributed by atoms with van der Waals surface area (Å²) in [5.41, 5.74) is 7.64. The number of hydrogen-bond donors (Lipinski definition) is 1. The molecule has 3 rings (SSSR count). The molecule has 0 spiro atoms. The van der Waals surface area contributed by atoms with Gasteiger partial charge in [-0.15, -0.1) is 0 Å². The second kappa shape index (κ2) is 2.22. The van der Waals surface area contributed by atoms with E-state index < -0.39 is 0 Å². The van der Waals surface area contributed by atoms with E-state index in [1.165, 1.54) is 12.8 Å². The molecule has 2 heterocycles. The first kappa shape index (κ1) is 6.88. The zero-order valence-electron chi connectivity index (χ0n) is 7.14. The van der Waals surface area contributed by atoms with E-state index >= 15 is 0 Å². The topological polar surface area (TPSA) is 56.7 Å². The smallest absolute Gasteiger partial charge is 0.151 e. The first-order valence-electron chi connectivity index (χ1n) is 4.43. The normalized spacial score (nSPS) is 16.6. The molecule has 13 heavy (non-hydrogen) atoms. The molecule has 0 aliphatic heterocycles. The van der Waals surface area contributed by atoms with Gasteiger partial charge in [-0.25, -0.2) is 9.97 Å². The SMILES string of the molecule is Nc1nccc2c1ncn2C1CC1. The van der Waals surface area contributed by atoms with Crippen LogP contribution in [-0.2, 0) is 0 Å². The minimum atomic E-state index is 0.525. The highest BCUT2D eigenvalue weighted by Crippen LogP contribution is 2.37. The van der Waals surface area contributed by atoms with E-state index in [1.807, 2.05) is 12.4 Å². The fraction of sp³-hybridized carbons (Fsp3) is 0.333. The molecule has 0 aromatic carbocycles. The summed E-state index contributed by atoms with van der Waals surface area (Å²) >= 11 is 0. The van der Waals surface area contributed by atoms with Crippen LogP contribution in [0.5, 0.6) is 0 Å². The minimum Gasteiger partial charge on any atom is -0.382 e. The average molecular weight is 174 g/mol. The number of aromatic nitrogens is 3. The van der Waals surface area contributed by atoms with Crippen molar-refractivity contribution in [2.45, 2.75) is 18.9 Å². The molecular weight excluding hydrogens is 164 g/mol. The Hall–Kier alpha value is -1.58. The van der Waals surface area contributed by atoms with Gasteiger partial charge in [-0.1, -0.05) is 0 Å². The Kier molecular flexibility index (Phi) is 1.17. The fourth-order valence-electron chi connectivity index (χ4n) is 1.63. The van der Waals surface area contributed by atoms with Crippen LogP contribution in [-0.4, -0.2) is 14.5 Å². The van der Waals surface area contributed by atoms with Crippen LogP contribution in [0.1, 0.15) is 18.9 Å². The minimum absolute atomic E-state index is 0.525. The van der Waals surface area contributed by atoms with Crippen molar-refractivity contribution in [1.29, 1.82) is 0 Å². The van der Waals surface area contributed by atoms with Crippen molar-refractivity contribution in [3.63, 3.8) is 0 Å². The number of anilines is 1. The molecule has 0 unspecified atom stereocenters. The second-order valence-corrected chi connectivity index (χ2v) is 3.45. The van der Waals surface area contributed by atoms with Crippen LogP contribution in [0.2, 0.25) is 0 Å². The summed E-state index contributed by atoms with van der Waals surface area (Å²) in [6.45, 7) is 0. The monoisotopic (exact) mass is 174 g/mol. The Bertz CT molecular complexity index is 456. The summed E-state index contributed by atoms with van der Waals surface area (Å²) in [6, 6.07) is 2.61. The molecule has 1 fully saturated rings. The molecule has 0 amide bonds. The predicted octanol–water partition coefficient (Wildman–Crippen LogP) is 1.35. The molecule has 1 aliphatic rings. The fourth-order valence-corrected chi connectivity index (χ4v) is 1.63. The second-order valence-electron chi connectivity index (χ2n) is 3.45. The average Bonchev–Trinajstić information content (AvgIpc) is 2.87. The Morgan fingerprint density at radius 3 is 3.00 bits per heavy atom. The van der Waals surface area contributed by atoms with E-state index in [0.717, 1.165) is 11.0 Å². The lowest BCUT2D eigenvalue weighted by molar-refractivity contribution is 0.766. The van der Waals surface area contributed by atoms with E-state index in [4.69, 9.17) is 5.73 Å². The standard InChI is InChI=1S/C9H10N4/c10-9-8-7(3-4-11-9)13(5-12-8)6-1-2-6/h3-6H,1-2H2,(H2,10,11). The molecule has 0 saturated heterocycles. The molecule has 0 atom stereocenters. The molecule has 66 valence electrons. The lowest BCUT2D eigenvalue weighted by Gasteiger charge is -1.99. The number of nitrogens with two attached hydrogens (primary N) is 1. The third kappa shape index (κ3) is 0.915. The van der Waals surface area contributed by atoms with Crippen LogP contribution in [0.4, 0.5) is 5.82 Å². The van der Waals surface area contributed by atoms with Gasteiger partial charge in [0, 0.05) is 12.2 Å². The predicted molar refractivity (Wildman–Crippen MR) is 50.2 cm³/mol. The first-order chi connectivity index (χ1) is 6.36. The first-order valence-corrected chi connectivity index (χ1v) is 4.43. The van der Waals surface area contributed by atoms with Crippen LogP contribution in [0.3, 0.4) is 0 Å².